The fourth-order valence-electron chi connectivity index (χ4n) is 4.39. The fraction of sp³-hybridized carbons (Fsp3) is 0.682. The number of amides is 2. The average molecular weight is 521 g/mol. The first-order valence-electron chi connectivity index (χ1n) is 12.6. The van der Waals surface area contributed by atoms with Crippen molar-refractivity contribution < 1.29 is 24.5 Å². The number of carbonyl (C=O) groups excluding carboxylic acids is 2. The number of aromatic nitrogens is 4. The molecule has 2 aliphatic rings. The van der Waals surface area contributed by atoms with E-state index < -0.39 is 30.4 Å². The molecule has 2 saturated heterocycles. The molecule has 2 fully saturated rings. The predicted octanol–water partition coefficient (Wildman–Crippen LogP) is -3.46. The number of hydrogen-bond donors (Lipinski definition) is 7. The second kappa shape index (κ2) is 13.0. The van der Waals surface area contributed by atoms with E-state index in [1.54, 1.807) is 0 Å². The summed E-state index contributed by atoms with van der Waals surface area (Å²) in [5, 5.41) is 33.7. The van der Waals surface area contributed by atoms with Crippen LogP contribution in [-0.2, 0) is 14.3 Å². The zero-order valence-corrected chi connectivity index (χ0v) is 20.7. The van der Waals surface area contributed by atoms with Crippen molar-refractivity contribution in [2.75, 3.05) is 64.6 Å². The number of nitrogens with one attached hydrogen (secondary N) is 4. The number of rotatable bonds is 6. The van der Waals surface area contributed by atoms with Gasteiger partial charge in [-0.1, -0.05) is 0 Å². The molecule has 37 heavy (non-hydrogen) atoms. The molecule has 4 rings (SSSR count). The largest absolute Gasteiger partial charge is 0.387 e. The SMILES string of the molecule is Nc1ncnc2c1ncn2C1O[C@H](C(=O)NCCCC(=O)N2CCNCCNCCNCC2)[C@@H](O)[C@H]1O. The molecule has 0 aliphatic carbocycles. The molecular weight excluding hydrogens is 484 g/mol. The standard InChI is InChI=1S/C22H36N10O5/c23-19-15-20(29-12-28-19)32(13-30-15)22-17(35)16(34)18(37-22)21(36)27-3-1-2-14(33)31-10-8-25-6-4-24-5-7-26-9-11-31/h12-13,16-18,22,24-26,34-35H,1-11H2,(H,27,36)(H2,23,28,29)/t16-,17+,18-,22?/m0/s1. The summed E-state index contributed by atoms with van der Waals surface area (Å²) in [5.41, 5.74) is 6.44. The highest BCUT2D eigenvalue weighted by Gasteiger charge is 2.47. The minimum absolute atomic E-state index is 0.0221. The maximum atomic E-state index is 12.7. The van der Waals surface area contributed by atoms with Crippen molar-refractivity contribution in [3.05, 3.63) is 12.7 Å². The molecule has 4 heterocycles. The van der Waals surface area contributed by atoms with Gasteiger partial charge in [0.05, 0.1) is 6.33 Å². The molecule has 0 bridgehead atoms. The number of carbonyl (C=O) groups is 2. The van der Waals surface area contributed by atoms with Crippen molar-refractivity contribution in [3.63, 3.8) is 0 Å². The molecular formula is C22H36N10O5. The van der Waals surface area contributed by atoms with Gasteiger partial charge in [0.2, 0.25) is 5.91 Å². The summed E-state index contributed by atoms with van der Waals surface area (Å²) in [6.07, 6.45) is -1.90. The van der Waals surface area contributed by atoms with Gasteiger partial charge in [-0.05, 0) is 6.42 Å². The average Bonchev–Trinajstić information content (AvgIpc) is 3.44. The van der Waals surface area contributed by atoms with Gasteiger partial charge < -0.3 is 46.9 Å². The molecule has 2 aliphatic heterocycles. The van der Waals surface area contributed by atoms with Crippen LogP contribution in [0, 0.1) is 0 Å². The zero-order chi connectivity index (χ0) is 26.2. The molecule has 0 aromatic carbocycles. The van der Waals surface area contributed by atoms with Gasteiger partial charge in [0.25, 0.3) is 5.91 Å². The highest BCUT2D eigenvalue weighted by Crippen LogP contribution is 2.32. The number of nitrogens with zero attached hydrogens (tertiary/aromatic N) is 5. The third kappa shape index (κ3) is 6.68. The van der Waals surface area contributed by atoms with E-state index in [-0.39, 0.29) is 24.7 Å². The van der Waals surface area contributed by atoms with Crippen molar-refractivity contribution in [2.45, 2.75) is 37.4 Å². The van der Waals surface area contributed by atoms with Gasteiger partial charge in [-0.25, -0.2) is 15.0 Å². The normalized spacial score (nSPS) is 25.9. The summed E-state index contributed by atoms with van der Waals surface area (Å²) in [5.74, 6) is -0.388. The Balaban J connectivity index is 1.25. The molecule has 0 radical (unpaired) electrons. The van der Waals surface area contributed by atoms with Crippen molar-refractivity contribution in [1.82, 2.24) is 45.7 Å². The van der Waals surface area contributed by atoms with Crippen LogP contribution >= 0.6 is 0 Å². The van der Waals surface area contributed by atoms with Crippen LogP contribution in [0.4, 0.5) is 5.82 Å². The smallest absolute Gasteiger partial charge is 0.252 e. The van der Waals surface area contributed by atoms with Crippen LogP contribution in [0.2, 0.25) is 0 Å². The first kappa shape index (κ1) is 27.1. The third-order valence-electron chi connectivity index (χ3n) is 6.45. The Morgan fingerprint density at radius 3 is 2.41 bits per heavy atom. The number of anilines is 1. The minimum atomic E-state index is -1.46. The van der Waals surface area contributed by atoms with Crippen LogP contribution < -0.4 is 27.0 Å². The van der Waals surface area contributed by atoms with E-state index in [2.05, 4.69) is 36.2 Å². The van der Waals surface area contributed by atoms with E-state index >= 15 is 0 Å². The van der Waals surface area contributed by atoms with E-state index in [1.807, 2.05) is 4.90 Å². The molecule has 15 nitrogen and oxygen atoms in total. The molecule has 1 unspecified atom stereocenters. The lowest BCUT2D eigenvalue weighted by atomic mass is 10.1. The third-order valence-corrected chi connectivity index (χ3v) is 6.45. The van der Waals surface area contributed by atoms with Gasteiger partial charge in [-0.15, -0.1) is 0 Å². The van der Waals surface area contributed by atoms with Crippen molar-refractivity contribution in [2.24, 2.45) is 0 Å². The summed E-state index contributed by atoms with van der Waals surface area (Å²) in [7, 11) is 0. The van der Waals surface area contributed by atoms with Gasteiger partial charge in [0, 0.05) is 65.3 Å². The van der Waals surface area contributed by atoms with Crippen LogP contribution in [0.15, 0.2) is 12.7 Å². The second-order valence-electron chi connectivity index (χ2n) is 9.04. The zero-order valence-electron chi connectivity index (χ0n) is 20.7. The highest BCUT2D eigenvalue weighted by atomic mass is 16.6. The van der Waals surface area contributed by atoms with E-state index in [9.17, 15) is 19.8 Å². The number of aliphatic hydroxyl groups is 2. The monoisotopic (exact) mass is 520 g/mol. The lowest BCUT2D eigenvalue weighted by molar-refractivity contribution is -0.138. The number of nitrogens with two attached hydrogens (primary N) is 1. The minimum Gasteiger partial charge on any atom is -0.387 e. The van der Waals surface area contributed by atoms with Crippen molar-refractivity contribution in [3.8, 4) is 0 Å². The van der Waals surface area contributed by atoms with Gasteiger partial charge in [-0.2, -0.15) is 0 Å². The Labute approximate surface area is 214 Å². The molecule has 2 aromatic rings. The second-order valence-corrected chi connectivity index (χ2v) is 9.04. The summed E-state index contributed by atoms with van der Waals surface area (Å²) in [6, 6.07) is 0. The first-order valence-corrected chi connectivity index (χ1v) is 12.6. The number of imidazole rings is 1. The topological polar surface area (TPSA) is 205 Å². The molecule has 2 aromatic heterocycles. The maximum absolute atomic E-state index is 12.7. The Morgan fingerprint density at radius 1 is 1.03 bits per heavy atom. The summed E-state index contributed by atoms with van der Waals surface area (Å²) in [4.78, 5) is 39.4. The van der Waals surface area contributed by atoms with E-state index in [1.165, 1.54) is 17.2 Å². The van der Waals surface area contributed by atoms with Crippen LogP contribution in [0.25, 0.3) is 11.2 Å². The van der Waals surface area contributed by atoms with Gasteiger partial charge >= 0.3 is 0 Å². The Morgan fingerprint density at radius 2 is 1.70 bits per heavy atom. The number of ether oxygens (including phenoxy) is 1. The lowest BCUT2D eigenvalue weighted by Gasteiger charge is -2.24. The first-order chi connectivity index (χ1) is 18.0. The predicted molar refractivity (Wildman–Crippen MR) is 133 cm³/mol. The van der Waals surface area contributed by atoms with Crippen molar-refractivity contribution in [1.29, 1.82) is 0 Å². The quantitative estimate of drug-likeness (QED) is 0.186. The number of aliphatic hydroxyl groups excluding tert-OH is 2. The van der Waals surface area contributed by atoms with Gasteiger partial charge in [0.1, 0.15) is 24.1 Å². The Bertz CT molecular complexity index is 1040. The van der Waals surface area contributed by atoms with Crippen LogP contribution in [0.3, 0.4) is 0 Å². The molecule has 204 valence electrons. The van der Waals surface area contributed by atoms with Gasteiger partial charge in [0.15, 0.2) is 23.8 Å². The number of nitrogen functional groups attached to an aromatic ring is 1. The van der Waals surface area contributed by atoms with Crippen LogP contribution in [0.1, 0.15) is 19.1 Å². The number of fused-ring (bicyclic) bond motifs is 1. The number of hydrogen-bond acceptors (Lipinski definition) is 12. The van der Waals surface area contributed by atoms with E-state index in [0.717, 1.165) is 39.3 Å². The van der Waals surface area contributed by atoms with Crippen LogP contribution in [0.5, 0.6) is 0 Å². The maximum Gasteiger partial charge on any atom is 0.252 e. The van der Waals surface area contributed by atoms with E-state index in [4.69, 9.17) is 10.5 Å². The van der Waals surface area contributed by atoms with Gasteiger partial charge in [-0.3, -0.25) is 14.2 Å². The molecule has 8 N–H and O–H groups in total. The Kier molecular flexibility index (Phi) is 9.54. The summed E-state index contributed by atoms with van der Waals surface area (Å²) >= 11 is 0. The molecule has 2 amide bonds. The van der Waals surface area contributed by atoms with Crippen LogP contribution in [-0.4, -0.2) is 124 Å². The molecule has 4 atom stereocenters. The Hall–Kier alpha value is -2.95. The van der Waals surface area contributed by atoms with E-state index in [0.29, 0.717) is 30.7 Å². The fourth-order valence-corrected chi connectivity index (χ4v) is 4.39. The van der Waals surface area contributed by atoms with Crippen molar-refractivity contribution >= 4 is 28.8 Å². The summed E-state index contributed by atoms with van der Waals surface area (Å²) in [6.45, 7) is 6.36. The highest BCUT2D eigenvalue weighted by molar-refractivity contribution is 5.83. The summed E-state index contributed by atoms with van der Waals surface area (Å²) < 4.78 is 7.10. The lowest BCUT2D eigenvalue weighted by Crippen LogP contribution is -2.44. The molecule has 0 saturated carbocycles. The molecule has 15 heteroatoms. The molecule has 0 spiro atoms.